The number of nitrogens with zero attached hydrogens (tertiary/aromatic N) is 3. The molecule has 0 amide bonds. The Morgan fingerprint density at radius 1 is 1.14 bits per heavy atom. The van der Waals surface area contributed by atoms with E-state index < -0.39 is 29.3 Å². The molecule has 0 aliphatic rings. The number of ether oxygens (including phenoxy) is 4. The summed E-state index contributed by atoms with van der Waals surface area (Å²) in [6, 6.07) is 4.78. The fraction of sp³-hybridized carbons (Fsp3) is 0.389. The minimum absolute atomic E-state index is 0.125. The number of rotatable bonds is 10. The number of hydrogen-bond donors (Lipinski definition) is 1. The summed E-state index contributed by atoms with van der Waals surface area (Å²) in [6.45, 7) is 1.33. The van der Waals surface area contributed by atoms with Gasteiger partial charge in [0.05, 0.1) is 39.7 Å². The lowest BCUT2D eigenvalue weighted by Crippen LogP contribution is -2.27. The fourth-order valence-corrected chi connectivity index (χ4v) is 2.74. The van der Waals surface area contributed by atoms with Crippen LogP contribution >= 0.6 is 0 Å². The Bertz CT molecular complexity index is 867. The van der Waals surface area contributed by atoms with Gasteiger partial charge in [-0.05, 0) is 12.1 Å². The van der Waals surface area contributed by atoms with E-state index in [9.17, 15) is 20.0 Å². The fourth-order valence-electron chi connectivity index (χ4n) is 2.74. The number of carbonyl (C=O) groups is 1. The van der Waals surface area contributed by atoms with Gasteiger partial charge in [-0.2, -0.15) is 9.97 Å². The molecule has 2 unspecified atom stereocenters. The summed E-state index contributed by atoms with van der Waals surface area (Å²) >= 11 is 0. The van der Waals surface area contributed by atoms with Gasteiger partial charge in [0, 0.05) is 17.4 Å². The summed E-state index contributed by atoms with van der Waals surface area (Å²) in [6.07, 6.45) is -0.499. The smallest absolute Gasteiger partial charge is 0.328 e. The molecule has 0 aliphatic carbocycles. The monoisotopic (exact) mass is 407 g/mol. The van der Waals surface area contributed by atoms with Crippen LogP contribution in [-0.2, 0) is 4.79 Å². The van der Waals surface area contributed by atoms with Gasteiger partial charge in [-0.25, -0.2) is 0 Å². The first-order valence-corrected chi connectivity index (χ1v) is 8.47. The lowest BCUT2D eigenvalue weighted by Gasteiger charge is -2.22. The first-order valence-electron chi connectivity index (χ1n) is 8.47. The third kappa shape index (κ3) is 5.21. The molecule has 0 spiro atoms. The summed E-state index contributed by atoms with van der Waals surface area (Å²) in [5, 5.41) is 20.7. The molecule has 0 fully saturated rings. The highest BCUT2D eigenvalue weighted by atomic mass is 16.6. The molecule has 2 atom stereocenters. The number of benzene rings is 1. The van der Waals surface area contributed by atoms with Crippen LogP contribution < -0.4 is 18.9 Å². The van der Waals surface area contributed by atoms with E-state index in [0.717, 1.165) is 0 Å². The van der Waals surface area contributed by atoms with Crippen molar-refractivity contribution in [2.75, 3.05) is 21.3 Å². The molecule has 0 radical (unpaired) electrons. The maximum Gasteiger partial charge on any atom is 0.328 e. The topological polar surface area (TPSA) is 143 Å². The van der Waals surface area contributed by atoms with Crippen LogP contribution in [0.15, 0.2) is 24.3 Å². The van der Waals surface area contributed by atoms with E-state index in [4.69, 9.17) is 18.9 Å². The van der Waals surface area contributed by atoms with E-state index in [1.807, 2.05) is 0 Å². The molecule has 156 valence electrons. The zero-order valence-electron chi connectivity index (χ0n) is 16.3. The predicted octanol–water partition coefficient (Wildman–Crippen LogP) is 2.52. The Morgan fingerprint density at radius 3 is 2.21 bits per heavy atom. The molecule has 11 heteroatoms. The summed E-state index contributed by atoms with van der Waals surface area (Å²) in [7, 11) is 4.19. The van der Waals surface area contributed by atoms with Crippen molar-refractivity contribution < 1.29 is 33.8 Å². The molecule has 0 aliphatic heterocycles. The molecule has 1 aromatic heterocycles. The second-order valence-corrected chi connectivity index (χ2v) is 5.94. The van der Waals surface area contributed by atoms with Gasteiger partial charge < -0.3 is 24.1 Å². The quantitative estimate of drug-likeness (QED) is 0.461. The van der Waals surface area contributed by atoms with Crippen molar-refractivity contribution in [3.63, 3.8) is 0 Å². The minimum atomic E-state index is -1.22. The van der Waals surface area contributed by atoms with Gasteiger partial charge in [0.1, 0.15) is 11.5 Å². The molecular formula is C18H21N3O8. The number of carboxylic acids is 1. The van der Waals surface area contributed by atoms with Crippen LogP contribution in [0.5, 0.6) is 29.3 Å². The van der Waals surface area contributed by atoms with Gasteiger partial charge in [-0.1, -0.05) is 6.07 Å². The zero-order chi connectivity index (χ0) is 21.6. The molecular weight excluding hydrogens is 386 g/mol. The van der Waals surface area contributed by atoms with Crippen LogP contribution in [0, 0.1) is 10.1 Å². The van der Waals surface area contributed by atoms with Crippen molar-refractivity contribution in [3.8, 4) is 29.3 Å². The Balaban J connectivity index is 2.59. The average Bonchev–Trinajstić information content (AvgIpc) is 2.70. The molecule has 29 heavy (non-hydrogen) atoms. The summed E-state index contributed by atoms with van der Waals surface area (Å²) in [5.74, 6) is -1.49. The third-order valence-corrected chi connectivity index (χ3v) is 4.20. The summed E-state index contributed by atoms with van der Waals surface area (Å²) in [5.41, 5.74) is 0.229. The Hall–Kier alpha value is -3.63. The second kappa shape index (κ2) is 9.53. The molecule has 1 heterocycles. The molecule has 1 aromatic carbocycles. The normalized spacial score (nSPS) is 12.6. The second-order valence-electron chi connectivity index (χ2n) is 5.94. The Kier molecular flexibility index (Phi) is 7.12. The van der Waals surface area contributed by atoms with Crippen LogP contribution in [0.25, 0.3) is 0 Å². The number of hydrogen-bond acceptors (Lipinski definition) is 9. The lowest BCUT2D eigenvalue weighted by atomic mass is 9.88. The van der Waals surface area contributed by atoms with Crippen LogP contribution in [0.3, 0.4) is 0 Å². The van der Waals surface area contributed by atoms with Crippen LogP contribution in [-0.4, -0.2) is 53.3 Å². The van der Waals surface area contributed by atoms with Crippen LogP contribution in [0.2, 0.25) is 0 Å². The first kappa shape index (κ1) is 21.7. The highest BCUT2D eigenvalue weighted by molar-refractivity contribution is 5.69. The number of methoxy groups -OCH3 is 3. The van der Waals surface area contributed by atoms with Crippen LogP contribution in [0.1, 0.15) is 24.8 Å². The van der Waals surface area contributed by atoms with E-state index in [0.29, 0.717) is 0 Å². The van der Waals surface area contributed by atoms with E-state index in [-0.39, 0.29) is 34.8 Å². The highest BCUT2D eigenvalue weighted by Gasteiger charge is 2.35. The first-order chi connectivity index (χ1) is 13.8. The molecule has 0 bridgehead atoms. The van der Waals surface area contributed by atoms with E-state index in [1.54, 1.807) is 12.1 Å². The number of nitro groups is 1. The lowest BCUT2D eigenvalue weighted by molar-refractivity contribution is -0.522. The standard InChI is InChI=1S/C18H21N3O8/c1-10(21(24)25)11(8-16(22)23)17-12(26-2)6-5-7-13(17)29-18-19-14(27-3)9-15(20-18)28-4/h5-7,9-11H,8H2,1-4H3,(H,22,23). The van der Waals surface area contributed by atoms with Crippen molar-refractivity contribution in [1.29, 1.82) is 0 Å². The maximum absolute atomic E-state index is 11.4. The summed E-state index contributed by atoms with van der Waals surface area (Å²) < 4.78 is 21.2. The number of aromatic nitrogens is 2. The van der Waals surface area contributed by atoms with Gasteiger partial charge in [0.2, 0.25) is 17.8 Å². The molecule has 2 aromatic rings. The zero-order valence-corrected chi connectivity index (χ0v) is 16.3. The van der Waals surface area contributed by atoms with Gasteiger partial charge in [0.25, 0.3) is 0 Å². The number of carboxylic acid groups (broad SMARTS) is 1. The van der Waals surface area contributed by atoms with Gasteiger partial charge in [0.15, 0.2) is 0 Å². The Labute approximate surface area is 166 Å². The number of aliphatic carboxylic acids is 1. The minimum Gasteiger partial charge on any atom is -0.496 e. The van der Waals surface area contributed by atoms with Crippen molar-refractivity contribution >= 4 is 5.97 Å². The maximum atomic E-state index is 11.4. The van der Waals surface area contributed by atoms with Gasteiger partial charge >= 0.3 is 12.0 Å². The van der Waals surface area contributed by atoms with E-state index >= 15 is 0 Å². The van der Waals surface area contributed by atoms with Crippen molar-refractivity contribution in [2.24, 2.45) is 0 Å². The van der Waals surface area contributed by atoms with Crippen molar-refractivity contribution in [1.82, 2.24) is 9.97 Å². The SMILES string of the molecule is COc1cc(OC)nc(Oc2cccc(OC)c2C(CC(=O)O)C(C)[N+](=O)[O-])n1. The molecule has 0 saturated carbocycles. The molecule has 0 saturated heterocycles. The Morgan fingerprint density at radius 2 is 1.72 bits per heavy atom. The van der Waals surface area contributed by atoms with Gasteiger partial charge in [-0.15, -0.1) is 0 Å². The molecule has 1 N–H and O–H groups in total. The molecule has 11 nitrogen and oxygen atoms in total. The third-order valence-electron chi connectivity index (χ3n) is 4.20. The average molecular weight is 407 g/mol. The van der Waals surface area contributed by atoms with Crippen molar-refractivity contribution in [3.05, 3.63) is 39.9 Å². The van der Waals surface area contributed by atoms with E-state index in [2.05, 4.69) is 9.97 Å². The molecule has 2 rings (SSSR count). The van der Waals surface area contributed by atoms with Crippen molar-refractivity contribution in [2.45, 2.75) is 25.3 Å². The van der Waals surface area contributed by atoms with E-state index in [1.165, 1.54) is 40.4 Å². The largest absolute Gasteiger partial charge is 0.496 e. The van der Waals surface area contributed by atoms with Gasteiger partial charge in [-0.3, -0.25) is 14.9 Å². The predicted molar refractivity (Wildman–Crippen MR) is 99.7 cm³/mol. The summed E-state index contributed by atoms with van der Waals surface area (Å²) in [4.78, 5) is 30.4. The van der Waals surface area contributed by atoms with Crippen LogP contribution in [0.4, 0.5) is 0 Å². The highest BCUT2D eigenvalue weighted by Crippen LogP contribution is 2.41.